The van der Waals surface area contributed by atoms with Crippen molar-refractivity contribution in [3.8, 4) is 0 Å². The van der Waals surface area contributed by atoms with Gasteiger partial charge in [-0.05, 0) is 50.3 Å². The number of rotatable bonds is 7. The molecule has 0 bridgehead atoms. The van der Waals surface area contributed by atoms with Gasteiger partial charge in [0.25, 0.3) is 5.91 Å². The second-order valence-electron chi connectivity index (χ2n) is 10.9. The van der Waals surface area contributed by atoms with E-state index in [0.717, 1.165) is 37.9 Å². The average Bonchev–Trinajstić information content (AvgIpc) is 2.89. The molecule has 0 radical (unpaired) electrons. The van der Waals surface area contributed by atoms with E-state index >= 15 is 0 Å². The molecule has 1 aromatic heterocycles. The van der Waals surface area contributed by atoms with E-state index in [1.165, 1.54) is 10.5 Å². The van der Waals surface area contributed by atoms with Crippen LogP contribution in [0.3, 0.4) is 0 Å². The van der Waals surface area contributed by atoms with Crippen molar-refractivity contribution in [3.05, 3.63) is 46.9 Å². The molecule has 3 heterocycles. The number of likely N-dealkylation sites (tertiary alicyclic amines) is 1. The Morgan fingerprint density at radius 1 is 1.16 bits per heavy atom. The van der Waals surface area contributed by atoms with E-state index in [1.807, 2.05) is 26.0 Å². The van der Waals surface area contributed by atoms with Crippen LogP contribution >= 0.6 is 0 Å². The topological polar surface area (TPSA) is 140 Å². The third-order valence-corrected chi connectivity index (χ3v) is 7.77. The molecule has 1 aromatic carbocycles. The number of anilines is 3. The van der Waals surface area contributed by atoms with Crippen LogP contribution in [-0.4, -0.2) is 83.8 Å². The van der Waals surface area contributed by atoms with Crippen LogP contribution in [0.25, 0.3) is 0 Å². The molecule has 2 aromatic rings. The zero-order valence-corrected chi connectivity index (χ0v) is 22.8. The van der Waals surface area contributed by atoms with Gasteiger partial charge in [0, 0.05) is 51.8 Å². The number of hydroxylamine groups is 3. The van der Waals surface area contributed by atoms with Crippen molar-refractivity contribution in [2.45, 2.75) is 57.5 Å². The monoisotopic (exact) mass is 524 g/mol. The molecule has 0 aliphatic carbocycles. The van der Waals surface area contributed by atoms with E-state index in [9.17, 15) is 14.8 Å². The summed E-state index contributed by atoms with van der Waals surface area (Å²) in [5.74, 6) is 0.617. The Morgan fingerprint density at radius 3 is 2.45 bits per heavy atom. The van der Waals surface area contributed by atoms with E-state index in [1.54, 1.807) is 20.3 Å². The van der Waals surface area contributed by atoms with E-state index in [4.69, 9.17) is 10.7 Å². The number of carbonyl (C=O) groups is 2. The summed E-state index contributed by atoms with van der Waals surface area (Å²) in [7, 11) is 3.43. The molecule has 2 fully saturated rings. The lowest BCUT2D eigenvalue weighted by molar-refractivity contribution is -0.906. The molecule has 1 atom stereocenters. The summed E-state index contributed by atoms with van der Waals surface area (Å²) in [6.07, 6.45) is 5.08. The van der Waals surface area contributed by atoms with Crippen molar-refractivity contribution in [2.24, 2.45) is 5.73 Å². The third kappa shape index (κ3) is 6.33. The first-order valence-corrected chi connectivity index (χ1v) is 13.4. The van der Waals surface area contributed by atoms with Gasteiger partial charge in [-0.3, -0.25) is 4.79 Å². The molecule has 4 rings (SSSR count). The number of amides is 3. The Kier molecular flexibility index (Phi) is 8.37. The summed E-state index contributed by atoms with van der Waals surface area (Å²) < 4.78 is -0.110. The maximum Gasteiger partial charge on any atom is 0.317 e. The molecule has 2 aliphatic heterocycles. The van der Waals surface area contributed by atoms with Gasteiger partial charge in [-0.15, -0.1) is 0 Å². The Bertz CT molecular complexity index is 1130. The molecular weight excluding hydrogens is 484 g/mol. The number of benzene rings is 1. The SMILES string of the molecule is CC(C)[N+]1([O-])CCC(c2ccc(Nc3nc(N4CCCC(NC(=O)N(C)C)C4)cnc3C(N)=O)cc2)CC1. The van der Waals surface area contributed by atoms with Crippen LogP contribution in [0.1, 0.15) is 61.5 Å². The highest BCUT2D eigenvalue weighted by molar-refractivity contribution is 5.96. The van der Waals surface area contributed by atoms with Crippen LogP contribution in [0, 0.1) is 5.21 Å². The standard InChI is InChI=1S/C27H40N8O3/c1-18(2)35(38)14-11-20(12-15-35)19-7-9-21(10-8-19)30-26-24(25(28)36)29-16-23(32-26)34-13-5-6-22(17-34)31-27(37)33(3)4/h7-10,16,18,20,22H,5-6,11-15,17H2,1-4H3,(H2,28,36)(H,30,32)(H,31,37). The third-order valence-electron chi connectivity index (χ3n) is 7.77. The van der Waals surface area contributed by atoms with Crippen molar-refractivity contribution in [3.63, 3.8) is 0 Å². The smallest absolute Gasteiger partial charge is 0.317 e. The lowest BCUT2D eigenvalue weighted by Crippen LogP contribution is -2.52. The van der Waals surface area contributed by atoms with Gasteiger partial charge in [-0.2, -0.15) is 0 Å². The van der Waals surface area contributed by atoms with Gasteiger partial charge in [-0.25, -0.2) is 14.8 Å². The van der Waals surface area contributed by atoms with Crippen molar-refractivity contribution in [1.29, 1.82) is 0 Å². The highest BCUT2D eigenvalue weighted by atomic mass is 16.5. The highest BCUT2D eigenvalue weighted by Crippen LogP contribution is 2.33. The van der Waals surface area contributed by atoms with E-state index in [0.29, 0.717) is 37.2 Å². The first-order valence-electron chi connectivity index (χ1n) is 13.4. The van der Waals surface area contributed by atoms with Crippen LogP contribution in [-0.2, 0) is 0 Å². The number of aromatic nitrogens is 2. The van der Waals surface area contributed by atoms with Gasteiger partial charge in [0.1, 0.15) is 5.82 Å². The maximum atomic E-state index is 12.8. The minimum atomic E-state index is -0.662. The quantitative estimate of drug-likeness (QED) is 0.373. The number of piperidine rings is 2. The highest BCUT2D eigenvalue weighted by Gasteiger charge is 2.30. The van der Waals surface area contributed by atoms with Gasteiger partial charge < -0.3 is 36.0 Å². The Balaban J connectivity index is 1.46. The zero-order chi connectivity index (χ0) is 27.4. The van der Waals surface area contributed by atoms with Crippen LogP contribution in [0.5, 0.6) is 0 Å². The van der Waals surface area contributed by atoms with E-state index in [2.05, 4.69) is 32.7 Å². The van der Waals surface area contributed by atoms with E-state index in [-0.39, 0.29) is 28.5 Å². The average molecular weight is 525 g/mol. The summed E-state index contributed by atoms with van der Waals surface area (Å²) in [6, 6.07) is 8.00. The molecule has 38 heavy (non-hydrogen) atoms. The van der Waals surface area contributed by atoms with Crippen LogP contribution in [0.2, 0.25) is 0 Å². The Labute approximate surface area is 224 Å². The molecule has 1 unspecified atom stereocenters. The molecule has 11 heteroatoms. The van der Waals surface area contributed by atoms with Crippen LogP contribution in [0.15, 0.2) is 30.5 Å². The fourth-order valence-corrected chi connectivity index (χ4v) is 5.24. The number of nitrogens with zero attached hydrogens (tertiary/aromatic N) is 5. The molecule has 11 nitrogen and oxygen atoms in total. The van der Waals surface area contributed by atoms with Gasteiger partial charge in [0.2, 0.25) is 0 Å². The molecule has 4 N–H and O–H groups in total. The fraction of sp³-hybridized carbons (Fsp3) is 0.556. The number of hydrogen-bond acceptors (Lipinski definition) is 7. The minimum absolute atomic E-state index is 0.00822. The van der Waals surface area contributed by atoms with Crippen molar-refractivity contribution in [1.82, 2.24) is 20.2 Å². The number of urea groups is 1. The van der Waals surface area contributed by atoms with Crippen molar-refractivity contribution >= 4 is 29.3 Å². The molecule has 2 saturated heterocycles. The second kappa shape index (κ2) is 11.5. The number of nitrogens with two attached hydrogens (primary N) is 1. The summed E-state index contributed by atoms with van der Waals surface area (Å²) in [6.45, 7) is 6.65. The summed E-state index contributed by atoms with van der Waals surface area (Å²) in [5, 5.41) is 19.1. The summed E-state index contributed by atoms with van der Waals surface area (Å²) in [4.78, 5) is 36.8. The van der Waals surface area contributed by atoms with Gasteiger partial charge >= 0.3 is 6.03 Å². The van der Waals surface area contributed by atoms with Crippen molar-refractivity contribution < 1.29 is 14.2 Å². The summed E-state index contributed by atoms with van der Waals surface area (Å²) >= 11 is 0. The number of nitrogens with one attached hydrogen (secondary N) is 2. The van der Waals surface area contributed by atoms with Crippen molar-refractivity contribution in [2.75, 3.05) is 50.5 Å². The molecular formula is C27H40N8O3. The second-order valence-corrected chi connectivity index (χ2v) is 10.9. The maximum absolute atomic E-state index is 12.8. The molecule has 0 spiro atoms. The first kappa shape index (κ1) is 27.6. The number of hydrogen-bond donors (Lipinski definition) is 3. The van der Waals surface area contributed by atoms with Crippen LogP contribution < -0.4 is 21.3 Å². The minimum Gasteiger partial charge on any atom is -0.633 e. The van der Waals surface area contributed by atoms with Gasteiger partial charge in [0.05, 0.1) is 25.3 Å². The predicted octanol–water partition coefficient (Wildman–Crippen LogP) is 3.16. The molecule has 2 aliphatic rings. The predicted molar refractivity (Wildman–Crippen MR) is 148 cm³/mol. The normalized spacial score (nSPS) is 23.7. The largest absolute Gasteiger partial charge is 0.633 e. The first-order chi connectivity index (χ1) is 18.1. The fourth-order valence-electron chi connectivity index (χ4n) is 5.24. The Hall–Kier alpha value is -3.44. The zero-order valence-electron chi connectivity index (χ0n) is 22.8. The number of carbonyl (C=O) groups excluding carboxylic acids is 2. The number of quaternary nitrogens is 1. The molecule has 0 saturated carbocycles. The lowest BCUT2D eigenvalue weighted by Gasteiger charge is -2.50. The summed E-state index contributed by atoms with van der Waals surface area (Å²) in [5.41, 5.74) is 7.64. The Morgan fingerprint density at radius 2 is 1.84 bits per heavy atom. The van der Waals surface area contributed by atoms with Crippen LogP contribution in [0.4, 0.5) is 22.1 Å². The van der Waals surface area contributed by atoms with Gasteiger partial charge in [-0.1, -0.05) is 12.1 Å². The molecule has 3 amide bonds. The lowest BCUT2D eigenvalue weighted by atomic mass is 9.88. The van der Waals surface area contributed by atoms with Gasteiger partial charge in [0.15, 0.2) is 11.5 Å². The van der Waals surface area contributed by atoms with E-state index < -0.39 is 5.91 Å². The molecule has 206 valence electrons. The number of primary amides is 1.